The van der Waals surface area contributed by atoms with Crippen LogP contribution in [0, 0.1) is 11.3 Å². The van der Waals surface area contributed by atoms with Crippen molar-refractivity contribution in [2.24, 2.45) is 0 Å². The molecule has 0 aliphatic heterocycles. The molecule has 1 aromatic carbocycles. The highest BCUT2D eigenvalue weighted by Gasteiger charge is 2.12. The number of methoxy groups -OCH3 is 1. The summed E-state index contributed by atoms with van der Waals surface area (Å²) in [5.41, 5.74) is 3.80. The third kappa shape index (κ3) is 3.07. The van der Waals surface area contributed by atoms with Crippen molar-refractivity contribution in [3.8, 4) is 6.07 Å². The quantitative estimate of drug-likeness (QED) is 0.748. The molecule has 0 heterocycles. The Kier molecular flexibility index (Phi) is 4.71. The third-order valence-electron chi connectivity index (χ3n) is 2.87. The zero-order chi connectivity index (χ0) is 12.8. The predicted molar refractivity (Wildman–Crippen MR) is 65.6 cm³/mol. The van der Waals surface area contributed by atoms with Gasteiger partial charge in [0, 0.05) is 0 Å². The monoisotopic (exact) mass is 231 g/mol. The standard InChI is InChI=1S/C14H17NO2/c1-4-11-6-10(9-15)7-12(5-2)13(11)8-14(16)17-3/h6-7H,4-5,8H2,1-3H3. The maximum Gasteiger partial charge on any atom is 0.309 e. The molecule has 0 saturated heterocycles. The number of ether oxygens (including phenoxy) is 1. The van der Waals surface area contributed by atoms with E-state index in [0.29, 0.717) is 5.56 Å². The van der Waals surface area contributed by atoms with Crippen molar-refractivity contribution in [3.05, 3.63) is 34.4 Å². The molecule has 0 aliphatic rings. The fourth-order valence-corrected chi connectivity index (χ4v) is 1.94. The molecule has 3 heteroatoms. The summed E-state index contributed by atoms with van der Waals surface area (Å²) in [4.78, 5) is 11.4. The van der Waals surface area contributed by atoms with Gasteiger partial charge in [-0.1, -0.05) is 13.8 Å². The van der Waals surface area contributed by atoms with Gasteiger partial charge in [-0.05, 0) is 41.7 Å². The van der Waals surface area contributed by atoms with Crippen molar-refractivity contribution in [2.45, 2.75) is 33.1 Å². The van der Waals surface area contributed by atoms with Gasteiger partial charge in [0.2, 0.25) is 0 Å². The van der Waals surface area contributed by atoms with Crippen LogP contribution in [0.4, 0.5) is 0 Å². The largest absolute Gasteiger partial charge is 0.469 e. The molecule has 90 valence electrons. The summed E-state index contributed by atoms with van der Waals surface area (Å²) >= 11 is 0. The number of aryl methyl sites for hydroxylation is 2. The Bertz CT molecular complexity index is 433. The lowest BCUT2D eigenvalue weighted by Gasteiger charge is -2.12. The highest BCUT2D eigenvalue weighted by molar-refractivity contribution is 5.73. The van der Waals surface area contributed by atoms with E-state index in [2.05, 4.69) is 6.07 Å². The molecule has 0 aromatic heterocycles. The minimum absolute atomic E-state index is 0.237. The average Bonchev–Trinajstić information content (AvgIpc) is 2.38. The maximum absolute atomic E-state index is 11.4. The lowest BCUT2D eigenvalue weighted by Crippen LogP contribution is -2.10. The Morgan fingerprint density at radius 2 is 1.82 bits per heavy atom. The van der Waals surface area contributed by atoms with Crippen LogP contribution in [0.1, 0.15) is 36.1 Å². The van der Waals surface area contributed by atoms with Crippen molar-refractivity contribution in [1.82, 2.24) is 0 Å². The molecule has 3 nitrogen and oxygen atoms in total. The Balaban J connectivity index is 3.25. The molecule has 0 amide bonds. The van der Waals surface area contributed by atoms with Crippen molar-refractivity contribution in [1.29, 1.82) is 5.26 Å². The lowest BCUT2D eigenvalue weighted by molar-refractivity contribution is -0.139. The number of hydrogen-bond acceptors (Lipinski definition) is 3. The molecule has 0 radical (unpaired) electrons. The Morgan fingerprint density at radius 3 is 2.18 bits per heavy atom. The van der Waals surface area contributed by atoms with E-state index in [1.165, 1.54) is 7.11 Å². The van der Waals surface area contributed by atoms with E-state index in [4.69, 9.17) is 10.00 Å². The molecule has 0 unspecified atom stereocenters. The summed E-state index contributed by atoms with van der Waals surface area (Å²) in [5, 5.41) is 8.95. The minimum atomic E-state index is -0.237. The van der Waals surface area contributed by atoms with E-state index < -0.39 is 0 Å². The van der Waals surface area contributed by atoms with Crippen LogP contribution in [0.2, 0.25) is 0 Å². The Hall–Kier alpha value is -1.82. The fourth-order valence-electron chi connectivity index (χ4n) is 1.94. The van der Waals surface area contributed by atoms with Gasteiger partial charge in [0.1, 0.15) is 0 Å². The van der Waals surface area contributed by atoms with Crippen molar-refractivity contribution in [3.63, 3.8) is 0 Å². The smallest absolute Gasteiger partial charge is 0.309 e. The summed E-state index contributed by atoms with van der Waals surface area (Å²) in [5.74, 6) is -0.237. The topological polar surface area (TPSA) is 50.1 Å². The number of hydrogen-bond donors (Lipinski definition) is 0. The van der Waals surface area contributed by atoms with Gasteiger partial charge >= 0.3 is 5.97 Å². The molecule has 0 bridgehead atoms. The fraction of sp³-hybridized carbons (Fsp3) is 0.429. The average molecular weight is 231 g/mol. The number of nitrogens with zero attached hydrogens (tertiary/aromatic N) is 1. The maximum atomic E-state index is 11.4. The van der Waals surface area contributed by atoms with Gasteiger partial charge in [-0.25, -0.2) is 0 Å². The van der Waals surface area contributed by atoms with Crippen LogP contribution < -0.4 is 0 Å². The normalized spacial score (nSPS) is 9.76. The molecular weight excluding hydrogens is 214 g/mol. The predicted octanol–water partition coefficient (Wildman–Crippen LogP) is 2.40. The van der Waals surface area contributed by atoms with Gasteiger partial charge < -0.3 is 4.74 Å². The van der Waals surface area contributed by atoms with Crippen LogP contribution in [-0.4, -0.2) is 13.1 Å². The first kappa shape index (κ1) is 13.2. The van der Waals surface area contributed by atoms with Crippen LogP contribution in [0.25, 0.3) is 0 Å². The number of nitriles is 1. The van der Waals surface area contributed by atoms with E-state index in [1.54, 1.807) is 0 Å². The van der Waals surface area contributed by atoms with E-state index in [-0.39, 0.29) is 12.4 Å². The van der Waals surface area contributed by atoms with E-state index >= 15 is 0 Å². The first-order chi connectivity index (χ1) is 8.15. The zero-order valence-electron chi connectivity index (χ0n) is 10.5. The second-order valence-electron chi connectivity index (χ2n) is 3.84. The van der Waals surface area contributed by atoms with Gasteiger partial charge in [-0.3, -0.25) is 4.79 Å². The summed E-state index contributed by atoms with van der Waals surface area (Å²) in [6, 6.07) is 5.87. The van der Waals surface area contributed by atoms with Crippen LogP contribution in [-0.2, 0) is 28.8 Å². The van der Waals surface area contributed by atoms with Gasteiger partial charge in [0.05, 0.1) is 25.2 Å². The minimum Gasteiger partial charge on any atom is -0.469 e. The van der Waals surface area contributed by atoms with Crippen LogP contribution in [0.15, 0.2) is 12.1 Å². The van der Waals surface area contributed by atoms with Gasteiger partial charge in [-0.2, -0.15) is 5.26 Å². The van der Waals surface area contributed by atoms with Crippen LogP contribution >= 0.6 is 0 Å². The second-order valence-corrected chi connectivity index (χ2v) is 3.84. The number of carbonyl (C=O) groups is 1. The Labute approximate surface area is 102 Å². The number of benzene rings is 1. The SMILES string of the molecule is CCc1cc(C#N)cc(CC)c1CC(=O)OC. The van der Waals surface area contributed by atoms with E-state index in [9.17, 15) is 4.79 Å². The molecular formula is C14H17NO2. The summed E-state index contributed by atoms with van der Waals surface area (Å²) in [6.07, 6.45) is 1.91. The van der Waals surface area contributed by atoms with E-state index in [1.807, 2.05) is 26.0 Å². The van der Waals surface area contributed by atoms with Crippen molar-refractivity contribution in [2.75, 3.05) is 7.11 Å². The molecule has 0 saturated carbocycles. The third-order valence-corrected chi connectivity index (χ3v) is 2.87. The number of carbonyl (C=O) groups excluding carboxylic acids is 1. The molecule has 1 rings (SSSR count). The lowest BCUT2D eigenvalue weighted by atomic mass is 9.93. The van der Waals surface area contributed by atoms with Crippen molar-refractivity contribution >= 4 is 5.97 Å². The first-order valence-corrected chi connectivity index (χ1v) is 5.77. The summed E-state index contributed by atoms with van der Waals surface area (Å²) < 4.78 is 4.71. The summed E-state index contributed by atoms with van der Waals surface area (Å²) in [7, 11) is 1.39. The summed E-state index contributed by atoms with van der Waals surface area (Å²) in [6.45, 7) is 4.05. The molecule has 0 fully saturated rings. The molecule has 0 atom stereocenters. The Morgan fingerprint density at radius 1 is 1.29 bits per heavy atom. The highest BCUT2D eigenvalue weighted by atomic mass is 16.5. The number of rotatable bonds is 4. The first-order valence-electron chi connectivity index (χ1n) is 5.77. The van der Waals surface area contributed by atoms with Gasteiger partial charge in [0.15, 0.2) is 0 Å². The molecule has 0 N–H and O–H groups in total. The molecule has 17 heavy (non-hydrogen) atoms. The highest BCUT2D eigenvalue weighted by Crippen LogP contribution is 2.20. The molecule has 0 spiro atoms. The van der Waals surface area contributed by atoms with Gasteiger partial charge in [-0.15, -0.1) is 0 Å². The molecule has 1 aromatic rings. The van der Waals surface area contributed by atoms with E-state index in [0.717, 1.165) is 29.5 Å². The molecule has 0 aliphatic carbocycles. The zero-order valence-corrected chi connectivity index (χ0v) is 10.5. The van der Waals surface area contributed by atoms with Crippen molar-refractivity contribution < 1.29 is 9.53 Å². The van der Waals surface area contributed by atoms with Crippen LogP contribution in [0.3, 0.4) is 0 Å². The van der Waals surface area contributed by atoms with Gasteiger partial charge in [0.25, 0.3) is 0 Å². The number of esters is 1. The second kappa shape index (κ2) is 6.05. The van der Waals surface area contributed by atoms with Crippen LogP contribution in [0.5, 0.6) is 0 Å².